The fourth-order valence-corrected chi connectivity index (χ4v) is 4.21. The second-order valence-corrected chi connectivity index (χ2v) is 9.62. The third kappa shape index (κ3) is 5.82. The maximum Gasteiger partial charge on any atom is 0.229 e. The maximum atomic E-state index is 11.3. The third-order valence-electron chi connectivity index (χ3n) is 5.23. The van der Waals surface area contributed by atoms with Crippen LogP contribution in [-0.4, -0.2) is 48.9 Å². The van der Waals surface area contributed by atoms with E-state index in [2.05, 4.69) is 26.1 Å². The highest BCUT2D eigenvalue weighted by Crippen LogP contribution is 2.31. The summed E-state index contributed by atoms with van der Waals surface area (Å²) in [5, 5.41) is 13.5. The van der Waals surface area contributed by atoms with Crippen LogP contribution in [0.1, 0.15) is 23.7 Å². The van der Waals surface area contributed by atoms with Crippen LogP contribution in [0.2, 0.25) is 0 Å². The van der Waals surface area contributed by atoms with Crippen LogP contribution in [0, 0.1) is 0 Å². The summed E-state index contributed by atoms with van der Waals surface area (Å²) >= 11 is 0. The minimum Gasteiger partial charge on any atom is -0.489 e. The van der Waals surface area contributed by atoms with Crippen molar-refractivity contribution in [3.05, 3.63) is 72.2 Å². The Kier molecular flexibility index (Phi) is 6.69. The second kappa shape index (κ2) is 9.64. The van der Waals surface area contributed by atoms with E-state index >= 15 is 0 Å². The molecule has 0 saturated heterocycles. The number of hydrogen-bond acceptors (Lipinski definition) is 7. The lowest BCUT2D eigenvalue weighted by atomic mass is 9.98. The van der Waals surface area contributed by atoms with Crippen LogP contribution < -0.4 is 14.8 Å². The number of pyridine rings is 2. The number of ether oxygens (including phenoxy) is 1. The zero-order valence-electron chi connectivity index (χ0n) is 17.7. The first-order valence-electron chi connectivity index (χ1n) is 10.4. The van der Waals surface area contributed by atoms with Gasteiger partial charge in [0.1, 0.15) is 11.9 Å². The number of nitrogens with zero attached hydrogens (tertiary/aromatic N) is 2. The number of hydrogen-bond donors (Lipinski definition) is 3. The first kappa shape index (κ1) is 22.2. The number of aliphatic hydroxyl groups excluding tert-OH is 1. The lowest BCUT2D eigenvalue weighted by molar-refractivity contribution is 0.146. The molecular formula is C23H26N4O4S. The predicted octanol–water partition coefficient (Wildman–Crippen LogP) is 2.53. The summed E-state index contributed by atoms with van der Waals surface area (Å²) in [6.07, 6.45) is 7.16. The lowest BCUT2D eigenvalue weighted by Crippen LogP contribution is -2.36. The molecule has 8 nitrogen and oxygen atoms in total. The van der Waals surface area contributed by atoms with Crippen molar-refractivity contribution in [1.29, 1.82) is 0 Å². The largest absolute Gasteiger partial charge is 0.489 e. The number of aromatic nitrogens is 2. The van der Waals surface area contributed by atoms with Crippen molar-refractivity contribution in [2.45, 2.75) is 25.0 Å². The molecule has 2 unspecified atom stereocenters. The van der Waals surface area contributed by atoms with Crippen LogP contribution in [-0.2, 0) is 16.4 Å². The predicted molar refractivity (Wildman–Crippen MR) is 123 cm³/mol. The Bertz CT molecular complexity index is 1150. The summed E-state index contributed by atoms with van der Waals surface area (Å²) in [7, 11) is -3.33. The molecule has 9 heteroatoms. The van der Waals surface area contributed by atoms with Gasteiger partial charge in [0.05, 0.1) is 29.9 Å². The van der Waals surface area contributed by atoms with Crippen LogP contribution >= 0.6 is 0 Å². The van der Waals surface area contributed by atoms with E-state index in [1.165, 1.54) is 6.20 Å². The van der Waals surface area contributed by atoms with E-state index in [0.29, 0.717) is 18.8 Å². The Balaban J connectivity index is 1.33. The van der Waals surface area contributed by atoms with Gasteiger partial charge in [-0.2, -0.15) is 0 Å². The summed E-state index contributed by atoms with van der Waals surface area (Å²) in [6.45, 7) is 1.09. The van der Waals surface area contributed by atoms with Gasteiger partial charge in [-0.15, -0.1) is 0 Å². The standard InChI is InChI=1S/C23H26N4O4S/c1-32(29,30)27-19-6-8-21(26-13-19)16-5-9-23-17(11-16)4-7-20(31-23)14-25-15-22(28)18-3-2-10-24-12-18/h2-3,5-6,8-13,20,22,25,27-28H,4,7,14-15H2,1H3. The molecule has 2 aromatic heterocycles. The molecule has 2 atom stereocenters. The minimum absolute atomic E-state index is 0.0360. The van der Waals surface area contributed by atoms with E-state index in [9.17, 15) is 13.5 Å². The summed E-state index contributed by atoms with van der Waals surface area (Å²) in [6, 6.07) is 13.1. The van der Waals surface area contributed by atoms with E-state index < -0.39 is 16.1 Å². The van der Waals surface area contributed by atoms with Crippen molar-refractivity contribution in [3.63, 3.8) is 0 Å². The fraction of sp³-hybridized carbons (Fsp3) is 0.304. The molecule has 0 bridgehead atoms. The normalized spacial score (nSPS) is 16.6. The highest BCUT2D eigenvalue weighted by atomic mass is 32.2. The van der Waals surface area contributed by atoms with Gasteiger partial charge < -0.3 is 15.2 Å². The Hall–Kier alpha value is -3.01. The Morgan fingerprint density at radius 1 is 1.22 bits per heavy atom. The van der Waals surface area contributed by atoms with Crippen molar-refractivity contribution in [2.75, 3.05) is 24.1 Å². The molecule has 3 N–H and O–H groups in total. The average molecular weight is 455 g/mol. The molecule has 3 aromatic rings. The van der Waals surface area contributed by atoms with Gasteiger partial charge >= 0.3 is 0 Å². The molecule has 32 heavy (non-hydrogen) atoms. The second-order valence-electron chi connectivity index (χ2n) is 7.87. The fourth-order valence-electron chi connectivity index (χ4n) is 3.66. The van der Waals surface area contributed by atoms with Crippen molar-refractivity contribution >= 4 is 15.7 Å². The SMILES string of the molecule is CS(=O)(=O)Nc1ccc(-c2ccc3c(c2)CCC(CNCC(O)c2cccnc2)O3)nc1. The van der Waals surface area contributed by atoms with E-state index in [1.54, 1.807) is 24.5 Å². The zero-order chi connectivity index (χ0) is 22.6. The molecule has 0 fully saturated rings. The highest BCUT2D eigenvalue weighted by molar-refractivity contribution is 7.92. The Labute approximate surface area is 187 Å². The molecule has 0 aliphatic carbocycles. The third-order valence-corrected chi connectivity index (χ3v) is 5.84. The van der Waals surface area contributed by atoms with Crippen molar-refractivity contribution in [2.24, 2.45) is 0 Å². The molecule has 0 radical (unpaired) electrons. The van der Waals surface area contributed by atoms with Gasteiger partial charge in [0.15, 0.2) is 0 Å². The molecular weight excluding hydrogens is 428 g/mol. The van der Waals surface area contributed by atoms with Gasteiger partial charge in [0, 0.05) is 36.6 Å². The number of aliphatic hydroxyl groups is 1. The van der Waals surface area contributed by atoms with E-state index in [0.717, 1.165) is 47.2 Å². The number of fused-ring (bicyclic) bond motifs is 1. The first-order valence-corrected chi connectivity index (χ1v) is 12.3. The summed E-state index contributed by atoms with van der Waals surface area (Å²) in [4.78, 5) is 8.40. The number of nitrogens with one attached hydrogen (secondary N) is 2. The molecule has 1 aliphatic rings. The van der Waals surface area contributed by atoms with E-state index in [1.807, 2.05) is 24.3 Å². The van der Waals surface area contributed by atoms with Gasteiger partial charge in [0.25, 0.3) is 0 Å². The topological polar surface area (TPSA) is 113 Å². The van der Waals surface area contributed by atoms with Crippen LogP contribution in [0.3, 0.4) is 0 Å². The minimum atomic E-state index is -3.33. The smallest absolute Gasteiger partial charge is 0.229 e. The lowest BCUT2D eigenvalue weighted by Gasteiger charge is -2.27. The number of aryl methyl sites for hydroxylation is 1. The summed E-state index contributed by atoms with van der Waals surface area (Å²) in [5.41, 5.74) is 4.06. The van der Waals surface area contributed by atoms with Gasteiger partial charge in [-0.3, -0.25) is 14.7 Å². The zero-order valence-corrected chi connectivity index (χ0v) is 18.5. The van der Waals surface area contributed by atoms with Gasteiger partial charge in [-0.05, 0) is 54.8 Å². The van der Waals surface area contributed by atoms with E-state index in [-0.39, 0.29) is 6.10 Å². The van der Waals surface area contributed by atoms with Gasteiger partial charge in [-0.25, -0.2) is 8.42 Å². The monoisotopic (exact) mass is 454 g/mol. The Morgan fingerprint density at radius 3 is 2.81 bits per heavy atom. The van der Waals surface area contributed by atoms with Crippen molar-refractivity contribution < 1.29 is 18.3 Å². The molecule has 0 saturated carbocycles. The maximum absolute atomic E-state index is 11.3. The molecule has 0 spiro atoms. The van der Waals surface area contributed by atoms with Gasteiger partial charge in [-0.1, -0.05) is 6.07 Å². The van der Waals surface area contributed by atoms with Crippen LogP contribution in [0.15, 0.2) is 61.1 Å². The summed E-state index contributed by atoms with van der Waals surface area (Å²) in [5.74, 6) is 0.856. The first-order chi connectivity index (χ1) is 15.4. The van der Waals surface area contributed by atoms with Crippen LogP contribution in [0.5, 0.6) is 5.75 Å². The summed E-state index contributed by atoms with van der Waals surface area (Å²) < 4.78 is 31.2. The number of benzene rings is 1. The van der Waals surface area contributed by atoms with Crippen molar-refractivity contribution in [3.8, 4) is 17.0 Å². The van der Waals surface area contributed by atoms with E-state index in [4.69, 9.17) is 4.74 Å². The molecule has 168 valence electrons. The van der Waals surface area contributed by atoms with Crippen LogP contribution in [0.25, 0.3) is 11.3 Å². The number of sulfonamides is 1. The molecule has 0 amide bonds. The molecule has 3 heterocycles. The molecule has 1 aliphatic heterocycles. The number of anilines is 1. The quantitative estimate of drug-likeness (QED) is 0.479. The average Bonchev–Trinajstić information content (AvgIpc) is 2.79. The molecule has 4 rings (SSSR count). The van der Waals surface area contributed by atoms with Gasteiger partial charge in [0.2, 0.25) is 10.0 Å². The Morgan fingerprint density at radius 2 is 2.09 bits per heavy atom. The van der Waals surface area contributed by atoms with Crippen molar-refractivity contribution in [1.82, 2.24) is 15.3 Å². The highest BCUT2D eigenvalue weighted by Gasteiger charge is 2.20. The number of rotatable bonds is 8. The van der Waals surface area contributed by atoms with Crippen LogP contribution in [0.4, 0.5) is 5.69 Å². The molecule has 1 aromatic carbocycles.